The molecule has 0 aliphatic rings. The highest BCUT2D eigenvalue weighted by Gasteiger charge is 2.35. The number of anilines is 1. The Morgan fingerprint density at radius 2 is 1.02 bits per heavy atom. The van der Waals surface area contributed by atoms with Crippen LogP contribution in [0.25, 0.3) is 54.9 Å². The molecule has 9 nitrogen and oxygen atoms in total. The molecule has 0 saturated carbocycles. The standard InChI is InChI=1S/C27H26ClN3O3.C24H24BrClO3/c1-15-21(17-13-30-26(29)31-14-17)19-7-5-6-8-20(19)23(16-9-11-18(28)12-10-16)22(15)24(25(32)33)34-27(2,3)4;1-14-19(22(23(27)28-5)29-24(2,3)4)20(15-10-12-16(26)13-11-15)17-8-6-7-9-18(17)21(14)25/h5-14,24H,1-4H3,(H,32,33)(H2,29,30,31);6-13,22H,1-5H3. The number of fused-ring (bicyclic) bond motifs is 2. The summed E-state index contributed by atoms with van der Waals surface area (Å²) in [6.45, 7) is 15.2. The lowest BCUT2D eigenvalue weighted by molar-refractivity contribution is -0.164. The Labute approximate surface area is 386 Å². The number of hydrogen-bond donors (Lipinski definition) is 2. The SMILES string of the molecule is COC(=O)C(OC(C)(C)C)c1c(C)c(Br)c2ccccc2c1-c1ccc(Cl)cc1.Cc1c(C(OC(C)(C)C)C(=O)O)c(-c2ccc(Cl)cc2)c2ccccc2c1-c1cnc(N)nc1. The minimum Gasteiger partial charge on any atom is -0.479 e. The van der Waals surface area contributed by atoms with Crippen LogP contribution in [0, 0.1) is 13.8 Å². The van der Waals surface area contributed by atoms with E-state index in [1.54, 1.807) is 24.5 Å². The van der Waals surface area contributed by atoms with Crippen molar-refractivity contribution in [2.24, 2.45) is 0 Å². The third kappa shape index (κ3) is 10.5. The summed E-state index contributed by atoms with van der Waals surface area (Å²) < 4.78 is 18.4. The van der Waals surface area contributed by atoms with Crippen LogP contribution in [0.3, 0.4) is 0 Å². The Kier molecular flexibility index (Phi) is 14.3. The van der Waals surface area contributed by atoms with Gasteiger partial charge in [-0.15, -0.1) is 0 Å². The van der Waals surface area contributed by atoms with Gasteiger partial charge in [-0.2, -0.15) is 0 Å². The average molecular weight is 952 g/mol. The first-order chi connectivity index (χ1) is 29.7. The van der Waals surface area contributed by atoms with Gasteiger partial charge in [-0.1, -0.05) is 96.0 Å². The number of rotatable bonds is 9. The minimum atomic E-state index is -1.20. The van der Waals surface area contributed by atoms with Crippen LogP contribution in [0.2, 0.25) is 10.0 Å². The van der Waals surface area contributed by atoms with Gasteiger partial charge in [-0.3, -0.25) is 0 Å². The number of aromatic nitrogens is 2. The molecule has 1 aromatic heterocycles. The van der Waals surface area contributed by atoms with E-state index in [0.717, 1.165) is 76.1 Å². The number of methoxy groups -OCH3 is 1. The van der Waals surface area contributed by atoms with E-state index in [0.29, 0.717) is 15.6 Å². The van der Waals surface area contributed by atoms with E-state index >= 15 is 0 Å². The molecule has 6 aromatic carbocycles. The van der Waals surface area contributed by atoms with E-state index in [4.69, 9.17) is 43.1 Å². The number of nitrogens with zero attached hydrogens (tertiary/aromatic N) is 2. The molecule has 0 bridgehead atoms. The minimum absolute atomic E-state index is 0.170. The van der Waals surface area contributed by atoms with Crippen molar-refractivity contribution in [3.05, 3.63) is 146 Å². The number of nitrogen functional groups attached to an aromatic ring is 1. The molecule has 7 aromatic rings. The summed E-state index contributed by atoms with van der Waals surface area (Å²) in [7, 11) is 1.38. The number of esters is 1. The zero-order chi connectivity index (χ0) is 46.0. The summed E-state index contributed by atoms with van der Waals surface area (Å²) in [5.74, 6) is -1.33. The number of carboxylic acid groups (broad SMARTS) is 1. The van der Waals surface area contributed by atoms with Gasteiger partial charge in [-0.05, 0) is 156 Å². The maximum Gasteiger partial charge on any atom is 0.339 e. The molecule has 2 atom stereocenters. The summed E-state index contributed by atoms with van der Waals surface area (Å²) in [5.41, 5.74) is 12.7. The lowest BCUT2D eigenvalue weighted by Crippen LogP contribution is -2.29. The van der Waals surface area contributed by atoms with Gasteiger partial charge >= 0.3 is 11.9 Å². The van der Waals surface area contributed by atoms with Crippen molar-refractivity contribution < 1.29 is 28.9 Å². The van der Waals surface area contributed by atoms with Crippen molar-refractivity contribution in [2.75, 3.05) is 12.8 Å². The van der Waals surface area contributed by atoms with E-state index < -0.39 is 35.3 Å². The third-order valence-electron chi connectivity index (χ3n) is 10.3. The highest BCUT2D eigenvalue weighted by Crippen LogP contribution is 2.47. The molecular weight excluding hydrogens is 901 g/mol. The predicted octanol–water partition coefficient (Wildman–Crippen LogP) is 13.7. The number of halogens is 3. The fourth-order valence-electron chi connectivity index (χ4n) is 7.76. The van der Waals surface area contributed by atoms with E-state index in [1.165, 1.54) is 7.11 Å². The lowest BCUT2D eigenvalue weighted by Gasteiger charge is -2.30. The van der Waals surface area contributed by atoms with Crippen molar-refractivity contribution in [1.82, 2.24) is 9.97 Å². The number of carbonyl (C=O) groups is 2. The Hall–Kier alpha value is -5.36. The molecule has 0 saturated heterocycles. The molecule has 0 aliphatic heterocycles. The molecule has 0 radical (unpaired) electrons. The van der Waals surface area contributed by atoms with Gasteiger partial charge in [0.25, 0.3) is 0 Å². The first-order valence-corrected chi connectivity index (χ1v) is 21.8. The highest BCUT2D eigenvalue weighted by atomic mass is 79.9. The third-order valence-corrected chi connectivity index (χ3v) is 11.8. The van der Waals surface area contributed by atoms with E-state index in [1.807, 2.05) is 128 Å². The van der Waals surface area contributed by atoms with Gasteiger partial charge in [0, 0.05) is 43.6 Å². The van der Waals surface area contributed by atoms with Gasteiger partial charge < -0.3 is 25.1 Å². The Morgan fingerprint density at radius 3 is 1.44 bits per heavy atom. The Balaban J connectivity index is 0.000000213. The zero-order valence-electron chi connectivity index (χ0n) is 36.6. The molecule has 0 aliphatic carbocycles. The molecule has 326 valence electrons. The number of hydrogen-bond acceptors (Lipinski definition) is 8. The number of carbonyl (C=O) groups excluding carboxylic acids is 1. The van der Waals surface area contributed by atoms with E-state index in [9.17, 15) is 14.7 Å². The van der Waals surface area contributed by atoms with Crippen molar-refractivity contribution in [3.8, 4) is 33.4 Å². The van der Waals surface area contributed by atoms with E-state index in [2.05, 4.69) is 38.0 Å². The van der Waals surface area contributed by atoms with Gasteiger partial charge in [0.15, 0.2) is 12.2 Å². The van der Waals surface area contributed by atoms with Crippen molar-refractivity contribution >= 4 is 78.6 Å². The summed E-state index contributed by atoms with van der Waals surface area (Å²) in [6.07, 6.45) is 1.24. The molecule has 3 N–H and O–H groups in total. The molecule has 0 fully saturated rings. The van der Waals surface area contributed by atoms with Crippen molar-refractivity contribution in [1.29, 1.82) is 0 Å². The number of aliphatic carboxylic acids is 1. The zero-order valence-corrected chi connectivity index (χ0v) is 39.7. The summed E-state index contributed by atoms with van der Waals surface area (Å²) in [5, 5.41) is 15.5. The van der Waals surface area contributed by atoms with Gasteiger partial charge in [0.2, 0.25) is 5.95 Å². The van der Waals surface area contributed by atoms with Gasteiger partial charge in [-0.25, -0.2) is 19.6 Å². The van der Waals surface area contributed by atoms with Crippen molar-refractivity contribution in [3.63, 3.8) is 0 Å². The van der Waals surface area contributed by atoms with Crippen LogP contribution in [0.15, 0.2) is 114 Å². The van der Waals surface area contributed by atoms with Crippen LogP contribution < -0.4 is 5.73 Å². The second-order valence-corrected chi connectivity index (χ2v) is 18.7. The molecule has 12 heteroatoms. The molecule has 0 amide bonds. The maximum absolute atomic E-state index is 12.8. The fraction of sp³-hybridized carbons (Fsp3) is 0.255. The van der Waals surface area contributed by atoms with Gasteiger partial charge in [0.05, 0.1) is 18.3 Å². The second kappa shape index (κ2) is 19.2. The van der Waals surface area contributed by atoms with Crippen LogP contribution in [0.5, 0.6) is 0 Å². The normalized spacial score (nSPS) is 12.7. The van der Waals surface area contributed by atoms with Gasteiger partial charge in [0.1, 0.15) is 0 Å². The number of ether oxygens (including phenoxy) is 3. The maximum atomic E-state index is 12.8. The van der Waals surface area contributed by atoms with Crippen LogP contribution in [-0.2, 0) is 23.8 Å². The number of carboxylic acids is 1. The predicted molar refractivity (Wildman–Crippen MR) is 258 cm³/mol. The summed E-state index contributed by atoms with van der Waals surface area (Å²) >= 11 is 16.0. The molecule has 63 heavy (non-hydrogen) atoms. The lowest BCUT2D eigenvalue weighted by atomic mass is 9.82. The highest BCUT2D eigenvalue weighted by molar-refractivity contribution is 9.10. The average Bonchev–Trinajstić information content (AvgIpc) is 3.23. The first kappa shape index (κ1) is 47.1. The molecule has 0 spiro atoms. The molecule has 1 heterocycles. The Morgan fingerprint density at radius 1 is 0.619 bits per heavy atom. The molecular formula is C51H50BrCl2N3O6. The largest absolute Gasteiger partial charge is 0.479 e. The Bertz CT molecular complexity index is 2800. The molecule has 7 rings (SSSR count). The fourth-order valence-corrected chi connectivity index (χ4v) is 8.57. The smallest absolute Gasteiger partial charge is 0.339 e. The van der Waals surface area contributed by atoms with Crippen LogP contribution in [0.4, 0.5) is 5.95 Å². The quantitative estimate of drug-likeness (QED) is 0.136. The van der Waals surface area contributed by atoms with Crippen LogP contribution >= 0.6 is 39.1 Å². The number of benzene rings is 6. The van der Waals surface area contributed by atoms with E-state index in [-0.39, 0.29) is 5.95 Å². The van der Waals surface area contributed by atoms with Crippen LogP contribution in [0.1, 0.15) is 76.0 Å². The summed E-state index contributed by atoms with van der Waals surface area (Å²) in [6, 6.07) is 31.0. The monoisotopic (exact) mass is 949 g/mol. The molecule has 2 unspecified atom stereocenters. The van der Waals surface area contributed by atoms with Crippen molar-refractivity contribution in [2.45, 2.75) is 78.8 Å². The summed E-state index contributed by atoms with van der Waals surface area (Å²) in [4.78, 5) is 33.8. The number of nitrogens with two attached hydrogens (primary N) is 1. The topological polar surface area (TPSA) is 134 Å². The first-order valence-electron chi connectivity index (χ1n) is 20.2. The second-order valence-electron chi connectivity index (χ2n) is 17.0. The van der Waals surface area contributed by atoms with Crippen LogP contribution in [-0.4, -0.2) is 45.3 Å².